The molecule has 2 aromatic heterocycles. The molecule has 0 aromatic carbocycles. The number of alkyl halides is 3. The molecule has 2 heterocycles. The molecule has 0 radical (unpaired) electrons. The lowest BCUT2D eigenvalue weighted by atomic mass is 9.92. The van der Waals surface area contributed by atoms with Gasteiger partial charge in [-0.25, -0.2) is 9.97 Å². The molecule has 132 valence electrons. The van der Waals surface area contributed by atoms with Crippen LogP contribution in [-0.4, -0.2) is 20.4 Å². The first kappa shape index (κ1) is 17.2. The molecule has 0 saturated carbocycles. The van der Waals surface area contributed by atoms with Gasteiger partial charge in [-0.05, 0) is 23.6 Å². The number of hydrogen-bond acceptors (Lipinski definition) is 3. The Morgan fingerprint density at radius 2 is 1.96 bits per heavy atom. The second-order valence-corrected chi connectivity index (χ2v) is 7.07. The first-order valence-electron chi connectivity index (χ1n) is 7.69. The number of rotatable bonds is 3. The summed E-state index contributed by atoms with van der Waals surface area (Å²) in [5.41, 5.74) is -0.0777. The third-order valence-electron chi connectivity index (χ3n) is 3.56. The van der Waals surface area contributed by atoms with Crippen molar-refractivity contribution in [1.29, 1.82) is 0 Å². The normalized spacial score (nSPS) is 14.4. The van der Waals surface area contributed by atoms with E-state index in [9.17, 15) is 18.0 Å². The van der Waals surface area contributed by atoms with Crippen molar-refractivity contribution in [3.8, 4) is 0 Å². The molecule has 1 amide bonds. The molecule has 0 bridgehead atoms. The van der Waals surface area contributed by atoms with Gasteiger partial charge in [-0.2, -0.15) is 13.2 Å². The molecule has 2 aromatic rings. The highest BCUT2D eigenvalue weighted by atomic mass is 19.4. The molecule has 8 heteroatoms. The minimum Gasteiger partial charge on any atom is -0.296 e. The van der Waals surface area contributed by atoms with E-state index in [-0.39, 0.29) is 34.9 Å². The maximum absolute atomic E-state index is 12.9. The van der Waals surface area contributed by atoms with Crippen molar-refractivity contribution < 1.29 is 18.0 Å². The van der Waals surface area contributed by atoms with Gasteiger partial charge >= 0.3 is 6.18 Å². The lowest BCUT2D eigenvalue weighted by molar-refractivity contribution is -0.137. The average molecular weight is 350 g/mol. The second-order valence-electron chi connectivity index (χ2n) is 7.07. The van der Waals surface area contributed by atoms with Gasteiger partial charge in [0.15, 0.2) is 5.65 Å². The van der Waals surface area contributed by atoms with E-state index in [1.807, 2.05) is 20.8 Å². The molecular formula is C17H17F3N4O. The van der Waals surface area contributed by atoms with Crippen LogP contribution in [0, 0.1) is 5.41 Å². The number of hydrogen-bond donors (Lipinski definition) is 1. The number of nitrogens with zero attached hydrogens (tertiary/aromatic N) is 3. The van der Waals surface area contributed by atoms with Crippen molar-refractivity contribution in [2.45, 2.75) is 33.4 Å². The molecule has 0 saturated heterocycles. The summed E-state index contributed by atoms with van der Waals surface area (Å²) >= 11 is 0. The number of aromatic nitrogens is 3. The first-order valence-corrected chi connectivity index (χ1v) is 7.69. The average Bonchev–Trinajstić information content (AvgIpc) is 2.71. The first-order chi connectivity index (χ1) is 11.5. The highest BCUT2D eigenvalue weighted by Gasteiger charge is 2.32. The van der Waals surface area contributed by atoms with Gasteiger partial charge < -0.3 is 0 Å². The topological polar surface area (TPSA) is 59.8 Å². The molecule has 0 aliphatic heterocycles. The van der Waals surface area contributed by atoms with Crippen LogP contribution in [0.1, 0.15) is 32.8 Å². The molecule has 3 rings (SSSR count). The summed E-state index contributed by atoms with van der Waals surface area (Å²) in [6.07, 6.45) is 1.83. The number of anilines is 1. The largest absolute Gasteiger partial charge is 0.417 e. The summed E-state index contributed by atoms with van der Waals surface area (Å²) in [5, 5.41) is 2.68. The molecule has 1 aliphatic rings. The van der Waals surface area contributed by atoms with Crippen molar-refractivity contribution >= 4 is 28.7 Å². The Bertz CT molecular complexity index is 901. The molecule has 25 heavy (non-hydrogen) atoms. The Balaban J connectivity index is 2.03. The van der Waals surface area contributed by atoms with E-state index in [2.05, 4.69) is 15.3 Å². The summed E-state index contributed by atoms with van der Waals surface area (Å²) in [5.74, 6) is -0.101. The zero-order chi connectivity index (χ0) is 18.4. The maximum atomic E-state index is 12.9. The third-order valence-corrected chi connectivity index (χ3v) is 3.56. The van der Waals surface area contributed by atoms with E-state index in [4.69, 9.17) is 0 Å². The van der Waals surface area contributed by atoms with Gasteiger partial charge in [-0.3, -0.25) is 14.7 Å². The van der Waals surface area contributed by atoms with E-state index in [1.54, 1.807) is 18.2 Å². The lowest BCUT2D eigenvalue weighted by Crippen LogP contribution is -2.21. The molecule has 0 fully saturated rings. The van der Waals surface area contributed by atoms with E-state index in [1.165, 1.54) is 4.57 Å². The fourth-order valence-electron chi connectivity index (χ4n) is 2.43. The van der Waals surface area contributed by atoms with Crippen molar-refractivity contribution in [3.63, 3.8) is 0 Å². The zero-order valence-corrected chi connectivity index (χ0v) is 14.0. The van der Waals surface area contributed by atoms with Crippen LogP contribution in [0.4, 0.5) is 19.1 Å². The quantitative estimate of drug-likeness (QED) is 0.901. The number of halogens is 3. The van der Waals surface area contributed by atoms with Gasteiger partial charge in [-0.15, -0.1) is 0 Å². The van der Waals surface area contributed by atoms with E-state index >= 15 is 0 Å². The van der Waals surface area contributed by atoms with Gasteiger partial charge in [-0.1, -0.05) is 26.8 Å². The van der Waals surface area contributed by atoms with Crippen LogP contribution in [0.5, 0.6) is 0 Å². The van der Waals surface area contributed by atoms with Crippen LogP contribution in [0.2, 0.25) is 0 Å². The van der Waals surface area contributed by atoms with Gasteiger partial charge in [0.05, 0.1) is 11.3 Å². The van der Waals surface area contributed by atoms with Crippen LogP contribution in [0.15, 0.2) is 30.5 Å². The van der Waals surface area contributed by atoms with Crippen LogP contribution >= 0.6 is 0 Å². The Kier molecular flexibility index (Phi) is 3.93. The second kappa shape index (κ2) is 5.72. The van der Waals surface area contributed by atoms with Crippen molar-refractivity contribution in [2.24, 2.45) is 5.41 Å². The number of nitrogens with one attached hydrogen (secondary N) is 1. The summed E-state index contributed by atoms with van der Waals surface area (Å²) in [7, 11) is 0. The molecular weight excluding hydrogens is 333 g/mol. The monoisotopic (exact) mass is 350 g/mol. The third kappa shape index (κ3) is 3.57. The fraction of sp³-hybridized carbons (Fsp3) is 0.353. The summed E-state index contributed by atoms with van der Waals surface area (Å²) in [6, 6.07) is 0.932. The summed E-state index contributed by atoms with van der Waals surface area (Å²) < 4.78 is 40.2. The van der Waals surface area contributed by atoms with Crippen LogP contribution < -0.4 is 5.32 Å². The maximum Gasteiger partial charge on any atom is 0.417 e. The number of imidazole rings is 1. The Morgan fingerprint density at radius 3 is 2.48 bits per heavy atom. The van der Waals surface area contributed by atoms with Gasteiger partial charge in [0.25, 0.3) is 0 Å². The Labute approximate surface area is 142 Å². The fourth-order valence-corrected chi connectivity index (χ4v) is 2.43. The molecule has 0 spiro atoms. The predicted octanol–water partition coefficient (Wildman–Crippen LogP) is 4.24. The lowest BCUT2D eigenvalue weighted by Gasteiger charge is -2.18. The number of pyridine rings is 1. The van der Waals surface area contributed by atoms with Crippen LogP contribution in [0.3, 0.4) is 0 Å². The zero-order valence-electron chi connectivity index (χ0n) is 14.0. The number of amides is 1. The SMILES string of the molecule is CC(C)(C)CC(=O)Nc1nc2cc(C(F)(F)F)cnc2n1C1=CC=C1. The number of carbonyl (C=O) groups is 1. The Morgan fingerprint density at radius 1 is 1.28 bits per heavy atom. The molecule has 5 nitrogen and oxygen atoms in total. The van der Waals surface area contributed by atoms with Crippen LogP contribution in [-0.2, 0) is 11.0 Å². The van der Waals surface area contributed by atoms with Gasteiger partial charge in [0, 0.05) is 12.6 Å². The van der Waals surface area contributed by atoms with Crippen molar-refractivity contribution in [2.75, 3.05) is 5.32 Å². The van der Waals surface area contributed by atoms with Crippen molar-refractivity contribution in [1.82, 2.24) is 14.5 Å². The van der Waals surface area contributed by atoms with Gasteiger partial charge in [0.1, 0.15) is 5.52 Å². The molecule has 0 atom stereocenters. The molecule has 0 unspecified atom stereocenters. The van der Waals surface area contributed by atoms with Gasteiger partial charge in [0.2, 0.25) is 11.9 Å². The van der Waals surface area contributed by atoms with Crippen molar-refractivity contribution in [3.05, 3.63) is 36.1 Å². The van der Waals surface area contributed by atoms with E-state index < -0.39 is 11.7 Å². The highest BCUT2D eigenvalue weighted by Crippen LogP contribution is 2.33. The standard InChI is InChI=1S/C17H17F3N4O/c1-16(2,3)8-13(25)23-15-22-12-7-10(17(18,19)20)9-21-14(12)24(15)11-5-4-6-11/h4-7,9H,8H2,1-3H3,(H,22,23,25). The number of carbonyl (C=O) groups excluding carboxylic acids is 1. The molecule has 1 N–H and O–H groups in total. The number of fused-ring (bicyclic) bond motifs is 1. The van der Waals surface area contributed by atoms with Crippen LogP contribution in [0.25, 0.3) is 16.9 Å². The Hall–Kier alpha value is -2.64. The minimum absolute atomic E-state index is 0.0714. The van der Waals surface area contributed by atoms with E-state index in [0.717, 1.165) is 12.3 Å². The smallest absolute Gasteiger partial charge is 0.296 e. The summed E-state index contributed by atoms with van der Waals surface area (Å²) in [6.45, 7) is 5.76. The minimum atomic E-state index is -4.50. The summed E-state index contributed by atoms with van der Waals surface area (Å²) in [4.78, 5) is 20.3. The predicted molar refractivity (Wildman–Crippen MR) is 88.6 cm³/mol. The number of allylic oxidation sites excluding steroid dienone is 4. The highest BCUT2D eigenvalue weighted by molar-refractivity contribution is 5.93. The molecule has 1 aliphatic carbocycles. The van der Waals surface area contributed by atoms with E-state index in [0.29, 0.717) is 5.70 Å².